The van der Waals surface area contributed by atoms with E-state index < -0.39 is 22.6 Å². The Morgan fingerprint density at radius 3 is 2.75 bits per heavy atom. The van der Waals surface area contributed by atoms with E-state index in [9.17, 15) is 14.4 Å². The number of nitrogens with zero attached hydrogens (tertiary/aromatic N) is 2. The molecule has 1 N–H and O–H groups in total. The lowest BCUT2D eigenvalue weighted by molar-refractivity contribution is -0.153. The van der Waals surface area contributed by atoms with E-state index >= 15 is 0 Å². The van der Waals surface area contributed by atoms with E-state index in [1.54, 1.807) is 46.7 Å². The summed E-state index contributed by atoms with van der Waals surface area (Å²) in [7, 11) is 0. The summed E-state index contributed by atoms with van der Waals surface area (Å²) in [5.74, 6) is -1.74. The van der Waals surface area contributed by atoms with Gasteiger partial charge in [-0.2, -0.15) is 0 Å². The summed E-state index contributed by atoms with van der Waals surface area (Å²) in [6.45, 7) is 6.71. The molecule has 7 nitrogen and oxygen atoms in total. The number of benzene rings is 1. The third kappa shape index (κ3) is 4.68. The standard InChI is InChI=1S/C27H35ClN2O5S/c1-3-15-29(19-12-8-7-11-18(19)28)25(33)23-27-14-13-20(36-27)21(26(34)35-4-2)22(27)24(32)30(23)16-9-5-6-10-17-31/h3,7-8,11-12,20-23,31H,1,4-6,9-10,13-17H2,2H3/t20-,21+,22+,23?,27?/m1/s1. The average Bonchev–Trinajstić information content (AvgIpc) is 3.50. The Bertz CT molecular complexity index is 1010. The first-order chi connectivity index (χ1) is 17.4. The maximum Gasteiger partial charge on any atom is 0.310 e. The predicted molar refractivity (Wildman–Crippen MR) is 142 cm³/mol. The van der Waals surface area contributed by atoms with Crippen molar-refractivity contribution in [3.8, 4) is 0 Å². The number of esters is 1. The second kappa shape index (κ2) is 11.6. The number of carbonyl (C=O) groups excluding carboxylic acids is 3. The van der Waals surface area contributed by atoms with Gasteiger partial charge in [0.25, 0.3) is 5.91 Å². The van der Waals surface area contributed by atoms with Gasteiger partial charge >= 0.3 is 5.97 Å². The molecule has 1 spiro atoms. The summed E-state index contributed by atoms with van der Waals surface area (Å²) in [4.78, 5) is 44.7. The number of anilines is 1. The van der Waals surface area contributed by atoms with E-state index in [-0.39, 0.29) is 42.8 Å². The van der Waals surface area contributed by atoms with Crippen molar-refractivity contribution < 1.29 is 24.2 Å². The SMILES string of the molecule is C=CCN(C(=O)C1N(CCCCCCO)C(=O)[C@@H]2[C@@H](C(=O)OCC)[C@H]3CCC12S3)c1ccccc1Cl. The number of likely N-dealkylation sites (tertiary alicyclic amines) is 1. The van der Waals surface area contributed by atoms with Crippen LogP contribution in [0.4, 0.5) is 5.69 Å². The lowest BCUT2D eigenvalue weighted by Crippen LogP contribution is -2.55. The van der Waals surface area contributed by atoms with Gasteiger partial charge in [-0.05, 0) is 44.7 Å². The van der Waals surface area contributed by atoms with Crippen LogP contribution >= 0.6 is 23.4 Å². The maximum atomic E-state index is 14.4. The van der Waals surface area contributed by atoms with Crippen molar-refractivity contribution >= 4 is 46.8 Å². The van der Waals surface area contributed by atoms with Gasteiger partial charge in [-0.3, -0.25) is 14.4 Å². The van der Waals surface area contributed by atoms with Gasteiger partial charge < -0.3 is 19.6 Å². The summed E-state index contributed by atoms with van der Waals surface area (Å²) in [6, 6.07) is 6.49. The van der Waals surface area contributed by atoms with Gasteiger partial charge in [0.2, 0.25) is 5.91 Å². The van der Waals surface area contributed by atoms with Crippen LogP contribution in [-0.4, -0.2) is 70.1 Å². The molecule has 0 radical (unpaired) electrons. The molecule has 2 amide bonds. The molecule has 2 unspecified atom stereocenters. The fourth-order valence-electron chi connectivity index (χ4n) is 6.18. The zero-order valence-corrected chi connectivity index (χ0v) is 22.3. The van der Waals surface area contributed by atoms with Gasteiger partial charge in [-0.15, -0.1) is 18.3 Å². The van der Waals surface area contributed by atoms with Crippen LogP contribution in [-0.2, 0) is 19.1 Å². The molecule has 3 saturated heterocycles. The minimum atomic E-state index is -0.696. The summed E-state index contributed by atoms with van der Waals surface area (Å²) >= 11 is 8.13. The number of aliphatic hydroxyl groups is 1. The number of rotatable bonds is 12. The summed E-state index contributed by atoms with van der Waals surface area (Å²) < 4.78 is 4.72. The quantitative estimate of drug-likeness (QED) is 0.247. The lowest BCUT2D eigenvalue weighted by Gasteiger charge is -2.37. The van der Waals surface area contributed by atoms with Gasteiger partial charge in [-0.25, -0.2) is 0 Å². The van der Waals surface area contributed by atoms with Crippen molar-refractivity contribution in [1.82, 2.24) is 4.90 Å². The minimum Gasteiger partial charge on any atom is -0.466 e. The third-order valence-electron chi connectivity index (χ3n) is 7.62. The molecule has 5 atom stereocenters. The summed E-state index contributed by atoms with van der Waals surface area (Å²) in [5, 5.41) is 9.53. The third-order valence-corrected chi connectivity index (χ3v) is 9.89. The van der Waals surface area contributed by atoms with Crippen molar-refractivity contribution in [1.29, 1.82) is 0 Å². The van der Waals surface area contributed by atoms with E-state index in [0.717, 1.165) is 25.7 Å². The van der Waals surface area contributed by atoms with Crippen molar-refractivity contribution in [3.63, 3.8) is 0 Å². The topological polar surface area (TPSA) is 87.2 Å². The van der Waals surface area contributed by atoms with E-state index in [0.29, 0.717) is 30.1 Å². The monoisotopic (exact) mass is 534 g/mol. The van der Waals surface area contributed by atoms with Crippen molar-refractivity contribution in [2.45, 2.75) is 61.5 Å². The molecule has 4 rings (SSSR count). The highest BCUT2D eigenvalue weighted by atomic mass is 35.5. The van der Waals surface area contributed by atoms with Crippen LogP contribution < -0.4 is 4.90 Å². The average molecular weight is 535 g/mol. The first-order valence-electron chi connectivity index (χ1n) is 12.8. The number of amides is 2. The number of ether oxygens (including phenoxy) is 1. The second-order valence-electron chi connectivity index (χ2n) is 9.67. The van der Waals surface area contributed by atoms with E-state index in [2.05, 4.69) is 6.58 Å². The molecule has 3 aliphatic heterocycles. The Morgan fingerprint density at radius 1 is 1.31 bits per heavy atom. The molecule has 3 fully saturated rings. The maximum absolute atomic E-state index is 14.4. The molecule has 3 heterocycles. The first kappa shape index (κ1) is 27.0. The Balaban J connectivity index is 1.71. The number of hydrogen-bond donors (Lipinski definition) is 1. The van der Waals surface area contributed by atoms with Gasteiger partial charge in [-0.1, -0.05) is 42.7 Å². The van der Waals surface area contributed by atoms with E-state index in [1.165, 1.54) is 0 Å². The molecule has 3 aliphatic rings. The first-order valence-corrected chi connectivity index (χ1v) is 14.1. The van der Waals surface area contributed by atoms with Crippen LogP contribution in [0.25, 0.3) is 0 Å². The van der Waals surface area contributed by atoms with Crippen LogP contribution in [0.2, 0.25) is 5.02 Å². The number of hydrogen-bond acceptors (Lipinski definition) is 6. The van der Waals surface area contributed by atoms with Crippen LogP contribution in [0.3, 0.4) is 0 Å². The fraction of sp³-hybridized carbons (Fsp3) is 0.593. The van der Waals surface area contributed by atoms with Crippen LogP contribution in [0.15, 0.2) is 36.9 Å². The van der Waals surface area contributed by atoms with Crippen molar-refractivity contribution in [2.24, 2.45) is 11.8 Å². The number of para-hydroxylation sites is 1. The molecule has 1 aromatic rings. The smallest absolute Gasteiger partial charge is 0.310 e. The Kier molecular flexibility index (Phi) is 8.68. The Hall–Kier alpha value is -2.03. The molecule has 36 heavy (non-hydrogen) atoms. The molecule has 0 saturated carbocycles. The number of thioether (sulfide) groups is 1. The van der Waals surface area contributed by atoms with Crippen LogP contribution in [0.1, 0.15) is 45.4 Å². The van der Waals surface area contributed by atoms with Gasteiger partial charge in [0, 0.05) is 24.9 Å². The number of fused-ring (bicyclic) bond motifs is 1. The highest BCUT2D eigenvalue weighted by molar-refractivity contribution is 8.02. The summed E-state index contributed by atoms with van der Waals surface area (Å²) in [5.41, 5.74) is 0.582. The Labute approximate surface area is 222 Å². The second-order valence-corrected chi connectivity index (χ2v) is 11.7. The highest BCUT2D eigenvalue weighted by Gasteiger charge is 2.74. The predicted octanol–water partition coefficient (Wildman–Crippen LogP) is 4.07. The van der Waals surface area contributed by atoms with Crippen LogP contribution in [0, 0.1) is 11.8 Å². The largest absolute Gasteiger partial charge is 0.466 e. The molecule has 2 bridgehead atoms. The fourth-order valence-corrected chi connectivity index (χ4v) is 8.62. The lowest BCUT2D eigenvalue weighted by atomic mass is 9.71. The molecular formula is C27H35ClN2O5S. The van der Waals surface area contributed by atoms with E-state index in [4.69, 9.17) is 21.4 Å². The van der Waals surface area contributed by atoms with Gasteiger partial charge in [0.05, 0.1) is 33.9 Å². The van der Waals surface area contributed by atoms with Crippen LogP contribution in [0.5, 0.6) is 0 Å². The zero-order valence-electron chi connectivity index (χ0n) is 20.7. The number of unbranched alkanes of at least 4 members (excludes halogenated alkanes) is 3. The highest BCUT2D eigenvalue weighted by Crippen LogP contribution is 2.66. The number of aliphatic hydroxyl groups excluding tert-OH is 1. The van der Waals surface area contributed by atoms with Gasteiger partial charge in [0.1, 0.15) is 6.04 Å². The Morgan fingerprint density at radius 2 is 2.06 bits per heavy atom. The normalized spacial score (nSPS) is 28.3. The molecule has 196 valence electrons. The van der Waals surface area contributed by atoms with Crippen molar-refractivity contribution in [3.05, 3.63) is 41.9 Å². The molecule has 9 heteroatoms. The van der Waals surface area contributed by atoms with Crippen molar-refractivity contribution in [2.75, 3.05) is 31.2 Å². The molecular weight excluding hydrogens is 500 g/mol. The number of halogens is 1. The summed E-state index contributed by atoms with van der Waals surface area (Å²) in [6.07, 6.45) is 6.29. The molecule has 0 aliphatic carbocycles. The number of carbonyl (C=O) groups is 3. The minimum absolute atomic E-state index is 0.0202. The van der Waals surface area contributed by atoms with E-state index in [1.807, 2.05) is 12.1 Å². The molecule has 1 aromatic carbocycles. The van der Waals surface area contributed by atoms with Gasteiger partial charge in [0.15, 0.2) is 0 Å². The zero-order chi connectivity index (χ0) is 25.9. The molecule has 0 aromatic heterocycles.